The number of nitrogens with one attached hydrogen (secondary N) is 1. The SMILES string of the molecule is CC(CO)N(C)c1cc(C(=N)N)c2ccccc2n1. The molecule has 2 rings (SSSR count). The fourth-order valence-corrected chi connectivity index (χ4v) is 1.91. The van der Waals surface area contributed by atoms with Crippen LogP contribution >= 0.6 is 0 Å². The Morgan fingerprint density at radius 3 is 2.79 bits per heavy atom. The summed E-state index contributed by atoms with van der Waals surface area (Å²) in [6.07, 6.45) is 0. The average Bonchev–Trinajstić information content (AvgIpc) is 2.44. The summed E-state index contributed by atoms with van der Waals surface area (Å²) in [6.45, 7) is 1.95. The van der Waals surface area contributed by atoms with Gasteiger partial charge in [-0.3, -0.25) is 5.41 Å². The van der Waals surface area contributed by atoms with Crippen molar-refractivity contribution in [3.8, 4) is 0 Å². The maximum absolute atomic E-state index is 9.22. The first-order valence-corrected chi connectivity index (χ1v) is 6.12. The first kappa shape index (κ1) is 13.3. The number of fused-ring (bicyclic) bond motifs is 1. The van der Waals surface area contributed by atoms with Crippen molar-refractivity contribution in [3.05, 3.63) is 35.9 Å². The van der Waals surface area contributed by atoms with Crippen molar-refractivity contribution >= 4 is 22.6 Å². The quantitative estimate of drug-likeness (QED) is 0.570. The summed E-state index contributed by atoms with van der Waals surface area (Å²) < 4.78 is 0. The van der Waals surface area contributed by atoms with Gasteiger partial charge in [-0.2, -0.15) is 0 Å². The molecule has 0 fully saturated rings. The van der Waals surface area contributed by atoms with Crippen molar-refractivity contribution in [1.29, 1.82) is 5.41 Å². The average molecular weight is 258 g/mol. The van der Waals surface area contributed by atoms with Crippen LogP contribution in [-0.2, 0) is 0 Å². The third-order valence-corrected chi connectivity index (χ3v) is 3.28. The maximum Gasteiger partial charge on any atom is 0.130 e. The highest BCUT2D eigenvalue weighted by Crippen LogP contribution is 2.23. The molecule has 5 nitrogen and oxygen atoms in total. The number of hydrogen-bond donors (Lipinski definition) is 3. The van der Waals surface area contributed by atoms with E-state index < -0.39 is 0 Å². The van der Waals surface area contributed by atoms with Crippen molar-refractivity contribution in [2.24, 2.45) is 5.73 Å². The van der Waals surface area contributed by atoms with Crippen LogP contribution in [0.15, 0.2) is 30.3 Å². The molecule has 2 aromatic rings. The Morgan fingerprint density at radius 2 is 2.16 bits per heavy atom. The Morgan fingerprint density at radius 1 is 1.47 bits per heavy atom. The van der Waals surface area contributed by atoms with Gasteiger partial charge in [-0.15, -0.1) is 0 Å². The molecule has 5 heteroatoms. The molecule has 0 saturated heterocycles. The Balaban J connectivity index is 2.61. The van der Waals surface area contributed by atoms with Crippen LogP contribution in [0, 0.1) is 5.41 Å². The summed E-state index contributed by atoms with van der Waals surface area (Å²) in [5, 5.41) is 17.8. The normalized spacial score (nSPS) is 12.4. The van der Waals surface area contributed by atoms with Crippen molar-refractivity contribution < 1.29 is 5.11 Å². The molecule has 4 N–H and O–H groups in total. The molecule has 0 bridgehead atoms. The molecule has 0 amide bonds. The topological polar surface area (TPSA) is 86.2 Å². The molecular weight excluding hydrogens is 240 g/mol. The number of nitrogens with two attached hydrogens (primary N) is 1. The highest BCUT2D eigenvalue weighted by Gasteiger charge is 2.14. The number of aliphatic hydroxyl groups excluding tert-OH is 1. The van der Waals surface area contributed by atoms with Crippen molar-refractivity contribution in [1.82, 2.24) is 4.98 Å². The van der Waals surface area contributed by atoms with E-state index in [9.17, 15) is 5.11 Å². The smallest absolute Gasteiger partial charge is 0.130 e. The monoisotopic (exact) mass is 258 g/mol. The minimum absolute atomic E-state index is 0.0184. The molecule has 1 heterocycles. The van der Waals surface area contributed by atoms with E-state index in [1.165, 1.54) is 0 Å². The first-order chi connectivity index (χ1) is 9.04. The first-order valence-electron chi connectivity index (χ1n) is 6.12. The number of rotatable bonds is 4. The lowest BCUT2D eigenvalue weighted by Crippen LogP contribution is -2.32. The van der Waals surface area contributed by atoms with Gasteiger partial charge in [0.2, 0.25) is 0 Å². The maximum atomic E-state index is 9.22. The van der Waals surface area contributed by atoms with Gasteiger partial charge < -0.3 is 15.7 Å². The number of amidine groups is 1. The summed E-state index contributed by atoms with van der Waals surface area (Å²) in [7, 11) is 1.86. The number of hydrogen-bond acceptors (Lipinski definition) is 4. The van der Waals surface area contributed by atoms with Gasteiger partial charge in [0.25, 0.3) is 0 Å². The zero-order chi connectivity index (χ0) is 14.0. The molecule has 0 radical (unpaired) electrons. The number of pyridine rings is 1. The number of para-hydroxylation sites is 1. The van der Waals surface area contributed by atoms with Crippen LogP contribution in [0.25, 0.3) is 10.9 Å². The molecule has 0 saturated carbocycles. The fourth-order valence-electron chi connectivity index (χ4n) is 1.91. The molecule has 0 spiro atoms. The van der Waals surface area contributed by atoms with E-state index in [0.717, 1.165) is 10.9 Å². The van der Waals surface area contributed by atoms with Gasteiger partial charge in [0.05, 0.1) is 18.2 Å². The van der Waals surface area contributed by atoms with Crippen LogP contribution in [0.1, 0.15) is 12.5 Å². The van der Waals surface area contributed by atoms with Gasteiger partial charge >= 0.3 is 0 Å². The van der Waals surface area contributed by atoms with Gasteiger partial charge in [-0.25, -0.2) is 4.98 Å². The second kappa shape index (κ2) is 5.24. The minimum atomic E-state index is -0.0477. The van der Waals surface area contributed by atoms with Crippen LogP contribution in [0.3, 0.4) is 0 Å². The summed E-state index contributed by atoms with van der Waals surface area (Å²) >= 11 is 0. The van der Waals surface area contributed by atoms with Crippen LogP contribution in [0.2, 0.25) is 0 Å². The van der Waals surface area contributed by atoms with Gasteiger partial charge in [-0.05, 0) is 19.1 Å². The lowest BCUT2D eigenvalue weighted by Gasteiger charge is -2.25. The van der Waals surface area contributed by atoms with E-state index in [0.29, 0.717) is 11.4 Å². The number of aliphatic hydroxyl groups is 1. The lowest BCUT2D eigenvalue weighted by atomic mass is 10.1. The Bertz CT molecular complexity index is 611. The number of nitrogen functional groups attached to an aromatic ring is 1. The van der Waals surface area contributed by atoms with Crippen LogP contribution in [0.5, 0.6) is 0 Å². The predicted octanol–water partition coefficient (Wildman–Crippen LogP) is 1.34. The number of benzene rings is 1. The predicted molar refractivity (Wildman–Crippen MR) is 77.7 cm³/mol. The highest BCUT2D eigenvalue weighted by molar-refractivity contribution is 6.07. The van der Waals surface area contributed by atoms with Gasteiger partial charge in [0.15, 0.2) is 0 Å². The fraction of sp³-hybridized carbons (Fsp3) is 0.286. The number of nitrogens with zero attached hydrogens (tertiary/aromatic N) is 2. The molecule has 1 aromatic heterocycles. The zero-order valence-electron chi connectivity index (χ0n) is 11.1. The van der Waals surface area contributed by atoms with E-state index in [2.05, 4.69) is 4.98 Å². The van der Waals surface area contributed by atoms with Gasteiger partial charge in [-0.1, -0.05) is 18.2 Å². The highest BCUT2D eigenvalue weighted by atomic mass is 16.3. The molecular formula is C14H18N4O. The number of anilines is 1. The largest absolute Gasteiger partial charge is 0.394 e. The summed E-state index contributed by atoms with van der Waals surface area (Å²) in [5.74, 6) is 0.718. The van der Waals surface area contributed by atoms with E-state index in [1.807, 2.05) is 43.1 Å². The molecule has 0 aliphatic carbocycles. The van der Waals surface area contributed by atoms with Crippen LogP contribution in [0.4, 0.5) is 5.82 Å². The van der Waals surface area contributed by atoms with E-state index in [-0.39, 0.29) is 18.5 Å². The van der Waals surface area contributed by atoms with Crippen LogP contribution in [-0.4, -0.2) is 35.6 Å². The summed E-state index contributed by atoms with van der Waals surface area (Å²) in [4.78, 5) is 6.42. The standard InChI is InChI=1S/C14H18N4O/c1-9(8-19)18(2)13-7-11(14(15)16)10-5-3-4-6-12(10)17-13/h3-7,9,19H,8H2,1-2H3,(H3,15,16). The van der Waals surface area contributed by atoms with E-state index >= 15 is 0 Å². The number of likely N-dealkylation sites (N-methyl/N-ethyl adjacent to an activating group) is 1. The van der Waals surface area contributed by atoms with E-state index in [4.69, 9.17) is 11.1 Å². The van der Waals surface area contributed by atoms with Gasteiger partial charge in [0, 0.05) is 18.0 Å². The summed E-state index contributed by atoms with van der Waals surface area (Å²) in [6, 6.07) is 9.33. The van der Waals surface area contributed by atoms with E-state index in [1.54, 1.807) is 6.07 Å². The van der Waals surface area contributed by atoms with Crippen LogP contribution < -0.4 is 10.6 Å². The second-order valence-electron chi connectivity index (χ2n) is 4.60. The Kier molecular flexibility index (Phi) is 3.66. The Labute approximate surface area is 112 Å². The molecule has 1 unspecified atom stereocenters. The molecule has 100 valence electrons. The zero-order valence-corrected chi connectivity index (χ0v) is 11.1. The van der Waals surface area contributed by atoms with Crippen molar-refractivity contribution in [2.45, 2.75) is 13.0 Å². The summed E-state index contributed by atoms with van der Waals surface area (Å²) in [5.41, 5.74) is 7.10. The molecule has 1 atom stereocenters. The molecule has 19 heavy (non-hydrogen) atoms. The number of aromatic nitrogens is 1. The van der Waals surface area contributed by atoms with Gasteiger partial charge in [0.1, 0.15) is 11.7 Å². The molecule has 1 aromatic carbocycles. The molecule has 0 aliphatic heterocycles. The molecule has 0 aliphatic rings. The Hall–Kier alpha value is -2.14. The lowest BCUT2D eigenvalue weighted by molar-refractivity contribution is 0.270. The van der Waals surface area contributed by atoms with Crippen molar-refractivity contribution in [3.63, 3.8) is 0 Å². The third-order valence-electron chi connectivity index (χ3n) is 3.28. The second-order valence-corrected chi connectivity index (χ2v) is 4.60. The third kappa shape index (κ3) is 2.51. The van der Waals surface area contributed by atoms with Crippen molar-refractivity contribution in [2.75, 3.05) is 18.6 Å². The minimum Gasteiger partial charge on any atom is -0.394 e.